The maximum Gasteiger partial charge on any atom is 0.411 e. The van der Waals surface area contributed by atoms with Crippen LogP contribution in [0, 0.1) is 0 Å². The van der Waals surface area contributed by atoms with Crippen molar-refractivity contribution in [2.24, 2.45) is 0 Å². The summed E-state index contributed by atoms with van der Waals surface area (Å²) in [5.74, 6) is 1.20. The highest BCUT2D eigenvalue weighted by molar-refractivity contribution is 5.90. The summed E-state index contributed by atoms with van der Waals surface area (Å²) in [6.07, 6.45) is -1.88. The summed E-state index contributed by atoms with van der Waals surface area (Å²) in [6.45, 7) is 8.03. The number of amides is 1. The quantitative estimate of drug-likeness (QED) is 0.353. The number of aromatic nitrogens is 6. The normalized spacial score (nSPS) is 14.5. The molecule has 0 aliphatic carbocycles. The first-order valence-electron chi connectivity index (χ1n) is 13.2. The van der Waals surface area contributed by atoms with Gasteiger partial charge in [-0.05, 0) is 33.8 Å². The highest BCUT2D eigenvalue weighted by Crippen LogP contribution is 2.29. The molecule has 1 saturated heterocycles. The molecule has 224 valence electrons. The van der Waals surface area contributed by atoms with Crippen LogP contribution in [0.4, 0.5) is 35.5 Å². The zero-order chi connectivity index (χ0) is 29.6. The van der Waals surface area contributed by atoms with Crippen LogP contribution in [0.15, 0.2) is 18.6 Å². The first-order chi connectivity index (χ1) is 19.4. The fourth-order valence-electron chi connectivity index (χ4n) is 4.06. The van der Waals surface area contributed by atoms with Crippen LogP contribution >= 0.6 is 0 Å². The van der Waals surface area contributed by atoms with Crippen molar-refractivity contribution in [3.05, 3.63) is 24.3 Å². The average Bonchev–Trinajstić information content (AvgIpc) is 3.26. The molecule has 1 N–H and O–H groups in total. The van der Waals surface area contributed by atoms with E-state index in [2.05, 4.69) is 20.4 Å². The van der Waals surface area contributed by atoms with Gasteiger partial charge in [0.05, 0.1) is 19.8 Å². The van der Waals surface area contributed by atoms with Crippen molar-refractivity contribution in [3.8, 4) is 0 Å². The number of anilines is 3. The van der Waals surface area contributed by atoms with Crippen LogP contribution in [0.5, 0.6) is 0 Å². The largest absolute Gasteiger partial charge is 0.444 e. The van der Waals surface area contributed by atoms with E-state index in [-0.39, 0.29) is 25.9 Å². The van der Waals surface area contributed by atoms with Gasteiger partial charge in [0.25, 0.3) is 0 Å². The number of piperazine rings is 1. The summed E-state index contributed by atoms with van der Waals surface area (Å²) in [7, 11) is 0. The molecule has 1 aliphatic rings. The molecule has 0 saturated carbocycles. The van der Waals surface area contributed by atoms with Crippen LogP contribution in [0.3, 0.4) is 0 Å². The minimum Gasteiger partial charge on any atom is -0.444 e. The van der Waals surface area contributed by atoms with Gasteiger partial charge in [-0.3, -0.25) is 4.68 Å². The number of nitrogens with zero attached hydrogens (tertiary/aromatic N) is 8. The predicted molar refractivity (Wildman–Crippen MR) is 143 cm³/mol. The van der Waals surface area contributed by atoms with E-state index in [0.29, 0.717) is 67.1 Å². The van der Waals surface area contributed by atoms with Crippen LogP contribution in [0.1, 0.15) is 33.4 Å². The minimum atomic E-state index is -4.43. The number of carbonyl (C=O) groups is 1. The first-order valence-corrected chi connectivity index (χ1v) is 13.2. The zero-order valence-corrected chi connectivity index (χ0v) is 23.4. The van der Waals surface area contributed by atoms with Crippen molar-refractivity contribution in [2.45, 2.75) is 52.6 Å². The van der Waals surface area contributed by atoms with Crippen LogP contribution in [0.2, 0.25) is 0 Å². The van der Waals surface area contributed by atoms with Crippen molar-refractivity contribution >= 4 is 34.7 Å². The Morgan fingerprint density at radius 2 is 1.85 bits per heavy atom. The number of ether oxygens (including phenoxy) is 3. The lowest BCUT2D eigenvalue weighted by atomic mass is 10.2. The summed E-state index contributed by atoms with van der Waals surface area (Å²) < 4.78 is 55.3. The first kappa shape index (κ1) is 30.2. The molecule has 1 fully saturated rings. The maximum absolute atomic E-state index is 12.6. The van der Waals surface area contributed by atoms with Crippen molar-refractivity contribution in [2.75, 3.05) is 56.2 Å². The smallest absolute Gasteiger partial charge is 0.411 e. The summed E-state index contributed by atoms with van der Waals surface area (Å²) in [5, 5.41) is 7.75. The van der Waals surface area contributed by atoms with E-state index in [1.165, 1.54) is 11.0 Å². The molecular weight excluding hydrogens is 547 g/mol. The third-order valence-corrected chi connectivity index (χ3v) is 5.84. The van der Waals surface area contributed by atoms with E-state index >= 15 is 0 Å². The lowest BCUT2D eigenvalue weighted by molar-refractivity contribution is -0.174. The standard InChI is InChI=1S/C25H34F3N9O4/c1-5-39-14-17-19-20(37(34-17)12-13-40-15-25(26,27)28)21(31-18-6-7-29-16-30-18)33-22(32-19)35-8-10-36(11-9-35)23(38)41-24(2,3)4/h6-7,16H,5,8-15H2,1-4H3,(H,29,30,31,32,33). The molecule has 0 spiro atoms. The SMILES string of the molecule is CCOCc1nn(CCOCC(F)(F)F)c2c(Nc3ccncn3)nc(N3CCN(C(=O)OC(C)(C)C)CC3)nc12. The molecule has 3 aromatic heterocycles. The van der Waals surface area contributed by atoms with Crippen molar-refractivity contribution in [1.29, 1.82) is 0 Å². The number of fused-ring (bicyclic) bond motifs is 1. The molecule has 0 aromatic carbocycles. The van der Waals surface area contributed by atoms with Crippen molar-refractivity contribution in [1.82, 2.24) is 34.6 Å². The van der Waals surface area contributed by atoms with Gasteiger partial charge in [0, 0.05) is 39.0 Å². The topological polar surface area (TPSA) is 133 Å². The summed E-state index contributed by atoms with van der Waals surface area (Å²) in [4.78, 5) is 33.8. The third-order valence-electron chi connectivity index (χ3n) is 5.84. The molecule has 1 aliphatic heterocycles. The summed E-state index contributed by atoms with van der Waals surface area (Å²) >= 11 is 0. The average molecular weight is 582 g/mol. The number of alkyl halides is 3. The van der Waals surface area contributed by atoms with E-state index in [4.69, 9.17) is 24.2 Å². The van der Waals surface area contributed by atoms with Gasteiger partial charge in [0.15, 0.2) is 5.82 Å². The molecule has 13 nitrogen and oxygen atoms in total. The van der Waals surface area contributed by atoms with Crippen LogP contribution < -0.4 is 10.2 Å². The molecule has 0 bridgehead atoms. The van der Waals surface area contributed by atoms with Gasteiger partial charge in [0.1, 0.15) is 41.1 Å². The molecule has 4 rings (SSSR count). The molecule has 1 amide bonds. The number of nitrogens with one attached hydrogen (secondary N) is 1. The lowest BCUT2D eigenvalue weighted by Gasteiger charge is -2.35. The highest BCUT2D eigenvalue weighted by atomic mass is 19.4. The van der Waals surface area contributed by atoms with Gasteiger partial charge in [-0.25, -0.2) is 19.7 Å². The van der Waals surface area contributed by atoms with E-state index < -0.39 is 18.4 Å². The van der Waals surface area contributed by atoms with E-state index in [0.717, 1.165) is 0 Å². The number of carbonyl (C=O) groups excluding carboxylic acids is 1. The van der Waals surface area contributed by atoms with Crippen LogP contribution in [-0.2, 0) is 27.4 Å². The Balaban J connectivity index is 1.65. The molecule has 16 heteroatoms. The summed E-state index contributed by atoms with van der Waals surface area (Å²) in [5.41, 5.74) is 0.841. The maximum atomic E-state index is 12.6. The van der Waals surface area contributed by atoms with E-state index in [9.17, 15) is 18.0 Å². The number of hydrogen-bond acceptors (Lipinski definition) is 11. The van der Waals surface area contributed by atoms with Gasteiger partial charge in [-0.2, -0.15) is 23.3 Å². The Hall–Kier alpha value is -3.79. The Morgan fingerprint density at radius 1 is 1.10 bits per heavy atom. The zero-order valence-electron chi connectivity index (χ0n) is 23.4. The molecule has 0 atom stereocenters. The lowest BCUT2D eigenvalue weighted by Crippen LogP contribution is -2.50. The van der Waals surface area contributed by atoms with Gasteiger partial charge in [-0.15, -0.1) is 0 Å². The summed E-state index contributed by atoms with van der Waals surface area (Å²) in [6, 6.07) is 1.65. The highest BCUT2D eigenvalue weighted by Gasteiger charge is 2.29. The number of hydrogen-bond donors (Lipinski definition) is 1. The van der Waals surface area contributed by atoms with Crippen LogP contribution in [0.25, 0.3) is 11.0 Å². The minimum absolute atomic E-state index is 0.0223. The Morgan fingerprint density at radius 3 is 2.49 bits per heavy atom. The monoisotopic (exact) mass is 581 g/mol. The van der Waals surface area contributed by atoms with Gasteiger partial charge in [-0.1, -0.05) is 0 Å². The Bertz CT molecular complexity index is 1310. The molecule has 0 radical (unpaired) electrons. The predicted octanol–water partition coefficient (Wildman–Crippen LogP) is 3.53. The van der Waals surface area contributed by atoms with E-state index in [1.807, 2.05) is 32.6 Å². The second-order valence-electron chi connectivity index (χ2n) is 10.2. The second kappa shape index (κ2) is 12.8. The number of rotatable bonds is 10. The fraction of sp³-hybridized carbons (Fsp3) is 0.600. The van der Waals surface area contributed by atoms with E-state index in [1.54, 1.807) is 17.2 Å². The molecule has 4 heterocycles. The number of halogens is 3. The molecule has 0 unspecified atom stereocenters. The molecule has 3 aromatic rings. The fourth-order valence-corrected chi connectivity index (χ4v) is 4.06. The Labute approximate surface area is 235 Å². The van der Waals surface area contributed by atoms with Crippen LogP contribution in [-0.4, -0.2) is 98.5 Å². The van der Waals surface area contributed by atoms with Crippen molar-refractivity contribution in [3.63, 3.8) is 0 Å². The second-order valence-corrected chi connectivity index (χ2v) is 10.2. The van der Waals surface area contributed by atoms with Gasteiger partial charge >= 0.3 is 12.3 Å². The van der Waals surface area contributed by atoms with Gasteiger partial charge in [0.2, 0.25) is 5.95 Å². The third kappa shape index (κ3) is 8.36. The molecule has 41 heavy (non-hydrogen) atoms. The van der Waals surface area contributed by atoms with Crippen molar-refractivity contribution < 1.29 is 32.2 Å². The molecular formula is C25H34F3N9O4. The Kier molecular flexibility index (Phi) is 9.42. The van der Waals surface area contributed by atoms with Gasteiger partial charge < -0.3 is 29.3 Å².